The maximum absolute atomic E-state index is 12.1. The molecule has 0 bridgehead atoms. The number of ether oxygens (including phenoxy) is 1. The van der Waals surface area contributed by atoms with E-state index in [-0.39, 0.29) is 5.91 Å². The summed E-state index contributed by atoms with van der Waals surface area (Å²) in [5.41, 5.74) is 6.57. The van der Waals surface area contributed by atoms with Crippen molar-refractivity contribution in [3.8, 4) is 5.75 Å². The monoisotopic (exact) mass is 272 g/mol. The largest absolute Gasteiger partial charge is 0.487 e. The molecule has 0 aliphatic heterocycles. The Labute approximate surface area is 110 Å². The Bertz CT molecular complexity index is 425. The molecule has 1 aromatic carbocycles. The molecule has 0 unspecified atom stereocenters. The Morgan fingerprint density at radius 1 is 1.47 bits per heavy atom. The van der Waals surface area contributed by atoms with Crippen LogP contribution in [0.4, 0.5) is 14.5 Å². The van der Waals surface area contributed by atoms with Gasteiger partial charge < -0.3 is 15.8 Å². The normalized spacial score (nSPS) is 10.6. The van der Waals surface area contributed by atoms with Gasteiger partial charge in [0.25, 0.3) is 6.43 Å². The molecule has 106 valence electrons. The predicted molar refractivity (Wildman–Crippen MR) is 69.6 cm³/mol. The molecular weight excluding hydrogens is 254 g/mol. The van der Waals surface area contributed by atoms with Crippen molar-refractivity contribution in [1.29, 1.82) is 0 Å². The molecule has 0 saturated heterocycles. The number of carbonyl (C=O) groups is 1. The summed E-state index contributed by atoms with van der Waals surface area (Å²) in [5.74, 6) is 0.186. The molecular formula is C13H18F2N2O2. The Balaban J connectivity index is 2.64. The third kappa shape index (κ3) is 5.65. The van der Waals surface area contributed by atoms with E-state index in [0.717, 1.165) is 5.56 Å². The Morgan fingerprint density at radius 2 is 2.21 bits per heavy atom. The molecule has 0 atom stereocenters. The van der Waals surface area contributed by atoms with Crippen LogP contribution >= 0.6 is 0 Å². The second-order valence-corrected chi connectivity index (χ2v) is 4.12. The molecule has 1 aromatic rings. The molecule has 0 aliphatic carbocycles. The van der Waals surface area contributed by atoms with Crippen LogP contribution in [0.1, 0.15) is 18.4 Å². The Morgan fingerprint density at radius 3 is 2.84 bits per heavy atom. The average molecular weight is 272 g/mol. The van der Waals surface area contributed by atoms with E-state index in [4.69, 9.17) is 10.5 Å². The summed E-state index contributed by atoms with van der Waals surface area (Å²) < 4.78 is 29.2. The summed E-state index contributed by atoms with van der Waals surface area (Å²) in [6.07, 6.45) is -1.59. The van der Waals surface area contributed by atoms with Crippen LogP contribution in [0.5, 0.6) is 5.75 Å². The van der Waals surface area contributed by atoms with Gasteiger partial charge in [-0.15, -0.1) is 0 Å². The Hall–Kier alpha value is -1.69. The molecule has 0 fully saturated rings. The first-order chi connectivity index (χ1) is 9.02. The number of amides is 1. The van der Waals surface area contributed by atoms with E-state index in [1.54, 1.807) is 19.1 Å². The van der Waals surface area contributed by atoms with Gasteiger partial charge in [0.05, 0.1) is 0 Å². The summed E-state index contributed by atoms with van der Waals surface area (Å²) in [6, 6.07) is 4.95. The minimum Gasteiger partial charge on any atom is -0.487 e. The van der Waals surface area contributed by atoms with Gasteiger partial charge in [0, 0.05) is 18.2 Å². The van der Waals surface area contributed by atoms with Crippen LogP contribution in [0.25, 0.3) is 0 Å². The molecule has 0 saturated carbocycles. The standard InChI is InChI=1S/C13H18F2N2O2/c1-9-4-5-10(17-13(18)3-2-6-16)7-11(9)19-8-12(14)15/h4-5,7,12H,2-3,6,8,16H2,1H3,(H,17,18). The van der Waals surface area contributed by atoms with Crippen molar-refractivity contribution in [1.82, 2.24) is 0 Å². The highest BCUT2D eigenvalue weighted by Gasteiger charge is 2.08. The van der Waals surface area contributed by atoms with Gasteiger partial charge in [0.15, 0.2) is 0 Å². The lowest BCUT2D eigenvalue weighted by atomic mass is 10.2. The molecule has 0 aliphatic rings. The van der Waals surface area contributed by atoms with Gasteiger partial charge in [-0.05, 0) is 31.5 Å². The van der Waals surface area contributed by atoms with Crippen molar-refractivity contribution < 1.29 is 18.3 Å². The van der Waals surface area contributed by atoms with Crippen molar-refractivity contribution in [3.63, 3.8) is 0 Å². The van der Waals surface area contributed by atoms with Crippen LogP contribution in [0.2, 0.25) is 0 Å². The third-order valence-corrected chi connectivity index (χ3v) is 2.44. The van der Waals surface area contributed by atoms with E-state index in [0.29, 0.717) is 30.8 Å². The minimum absolute atomic E-state index is 0.158. The van der Waals surface area contributed by atoms with Gasteiger partial charge in [-0.1, -0.05) is 6.07 Å². The topological polar surface area (TPSA) is 64.4 Å². The number of nitrogens with two attached hydrogens (primary N) is 1. The SMILES string of the molecule is Cc1ccc(NC(=O)CCCN)cc1OCC(F)F. The molecule has 0 aromatic heterocycles. The van der Waals surface area contributed by atoms with E-state index < -0.39 is 13.0 Å². The van der Waals surface area contributed by atoms with Crippen LogP contribution in [0.3, 0.4) is 0 Å². The minimum atomic E-state index is -2.53. The second-order valence-electron chi connectivity index (χ2n) is 4.12. The number of benzene rings is 1. The molecule has 3 N–H and O–H groups in total. The number of halogens is 2. The van der Waals surface area contributed by atoms with Crippen LogP contribution in [-0.4, -0.2) is 25.5 Å². The zero-order valence-electron chi connectivity index (χ0n) is 10.8. The number of carbonyl (C=O) groups excluding carboxylic acids is 1. The lowest BCUT2D eigenvalue weighted by Crippen LogP contribution is -2.14. The van der Waals surface area contributed by atoms with Gasteiger partial charge in [-0.3, -0.25) is 4.79 Å². The summed E-state index contributed by atoms with van der Waals surface area (Å²) in [4.78, 5) is 11.5. The number of rotatable bonds is 7. The first-order valence-corrected chi connectivity index (χ1v) is 6.04. The van der Waals surface area contributed by atoms with E-state index in [9.17, 15) is 13.6 Å². The van der Waals surface area contributed by atoms with Crippen LogP contribution < -0.4 is 15.8 Å². The quantitative estimate of drug-likeness (QED) is 0.800. The van der Waals surface area contributed by atoms with Crippen LogP contribution in [0, 0.1) is 6.92 Å². The van der Waals surface area contributed by atoms with Crippen LogP contribution in [-0.2, 0) is 4.79 Å². The highest BCUT2D eigenvalue weighted by molar-refractivity contribution is 5.90. The van der Waals surface area contributed by atoms with E-state index in [2.05, 4.69) is 5.32 Å². The second kappa shape index (κ2) is 7.68. The first-order valence-electron chi connectivity index (χ1n) is 6.04. The number of nitrogens with one attached hydrogen (secondary N) is 1. The highest BCUT2D eigenvalue weighted by atomic mass is 19.3. The molecule has 19 heavy (non-hydrogen) atoms. The van der Waals surface area contributed by atoms with Gasteiger partial charge in [0.2, 0.25) is 5.91 Å². The highest BCUT2D eigenvalue weighted by Crippen LogP contribution is 2.23. The third-order valence-electron chi connectivity index (χ3n) is 2.44. The molecule has 0 heterocycles. The predicted octanol–water partition coefficient (Wildman–Crippen LogP) is 2.32. The van der Waals surface area contributed by atoms with Crippen molar-refractivity contribution in [2.75, 3.05) is 18.5 Å². The lowest BCUT2D eigenvalue weighted by Gasteiger charge is -2.11. The number of anilines is 1. The summed E-state index contributed by atoms with van der Waals surface area (Å²) in [5, 5.41) is 2.67. The van der Waals surface area contributed by atoms with E-state index in [1.165, 1.54) is 6.07 Å². The molecule has 4 nitrogen and oxygen atoms in total. The molecule has 0 radical (unpaired) electrons. The van der Waals surface area contributed by atoms with Crippen molar-refractivity contribution >= 4 is 11.6 Å². The summed E-state index contributed by atoms with van der Waals surface area (Å²) in [6.45, 7) is 1.54. The number of hydrogen-bond donors (Lipinski definition) is 2. The smallest absolute Gasteiger partial charge is 0.272 e. The fourth-order valence-corrected chi connectivity index (χ4v) is 1.47. The maximum atomic E-state index is 12.1. The van der Waals surface area contributed by atoms with E-state index >= 15 is 0 Å². The van der Waals surface area contributed by atoms with Gasteiger partial charge in [0.1, 0.15) is 12.4 Å². The van der Waals surface area contributed by atoms with Crippen LogP contribution in [0.15, 0.2) is 18.2 Å². The number of alkyl halides is 2. The Kier molecular flexibility index (Phi) is 6.21. The van der Waals surface area contributed by atoms with Gasteiger partial charge in [-0.25, -0.2) is 8.78 Å². The fourth-order valence-electron chi connectivity index (χ4n) is 1.47. The fraction of sp³-hybridized carbons (Fsp3) is 0.462. The first kappa shape index (κ1) is 15.4. The molecule has 1 rings (SSSR count). The lowest BCUT2D eigenvalue weighted by molar-refractivity contribution is -0.116. The van der Waals surface area contributed by atoms with Gasteiger partial charge >= 0.3 is 0 Å². The average Bonchev–Trinajstić information content (AvgIpc) is 2.37. The molecule has 0 spiro atoms. The van der Waals surface area contributed by atoms with Crippen molar-refractivity contribution in [2.24, 2.45) is 5.73 Å². The van der Waals surface area contributed by atoms with Crippen molar-refractivity contribution in [2.45, 2.75) is 26.2 Å². The molecule has 1 amide bonds. The number of hydrogen-bond acceptors (Lipinski definition) is 3. The molecule has 6 heteroatoms. The van der Waals surface area contributed by atoms with Crippen molar-refractivity contribution in [3.05, 3.63) is 23.8 Å². The zero-order chi connectivity index (χ0) is 14.3. The van der Waals surface area contributed by atoms with E-state index in [1.807, 2.05) is 0 Å². The van der Waals surface area contributed by atoms with Gasteiger partial charge in [-0.2, -0.15) is 0 Å². The summed E-state index contributed by atoms with van der Waals surface area (Å²) >= 11 is 0. The maximum Gasteiger partial charge on any atom is 0.272 e. The summed E-state index contributed by atoms with van der Waals surface area (Å²) in [7, 11) is 0. The number of aryl methyl sites for hydroxylation is 1. The zero-order valence-corrected chi connectivity index (χ0v) is 10.8.